The van der Waals surface area contributed by atoms with Crippen LogP contribution in [0, 0.1) is 11.8 Å². The summed E-state index contributed by atoms with van der Waals surface area (Å²) in [6.07, 6.45) is 7.34. The third kappa shape index (κ3) is 1.99. The molecule has 2 aliphatic rings. The molecule has 0 saturated heterocycles. The number of rotatable bonds is 4. The number of fused-ring (bicyclic) bond motifs is 2. The second-order valence-electron chi connectivity index (χ2n) is 5.67. The van der Waals surface area contributed by atoms with E-state index in [4.69, 9.17) is 10.3 Å². The molecule has 0 amide bonds. The van der Waals surface area contributed by atoms with Crippen LogP contribution in [-0.2, 0) is 0 Å². The van der Waals surface area contributed by atoms with E-state index in [1.165, 1.54) is 25.7 Å². The van der Waals surface area contributed by atoms with Crippen LogP contribution in [0.4, 0.5) is 0 Å². The Bertz CT molecular complexity index is 390. The maximum atomic E-state index is 6.00. The van der Waals surface area contributed by atoms with E-state index < -0.39 is 0 Å². The third-order valence-electron chi connectivity index (χ3n) is 4.44. The average molecular weight is 235 g/mol. The van der Waals surface area contributed by atoms with Crippen molar-refractivity contribution >= 4 is 0 Å². The zero-order valence-electron chi connectivity index (χ0n) is 10.4. The van der Waals surface area contributed by atoms with E-state index in [9.17, 15) is 0 Å². The molecule has 4 atom stereocenters. The molecule has 2 fully saturated rings. The molecular weight excluding hydrogens is 214 g/mol. The first kappa shape index (κ1) is 11.2. The number of nitrogens with zero attached hydrogens (tertiary/aromatic N) is 2. The second-order valence-corrected chi connectivity index (χ2v) is 5.67. The number of aromatic nitrogens is 2. The molecule has 0 radical (unpaired) electrons. The van der Waals surface area contributed by atoms with E-state index in [1.54, 1.807) is 0 Å². The van der Waals surface area contributed by atoms with Gasteiger partial charge in [-0.05, 0) is 37.5 Å². The Morgan fingerprint density at radius 3 is 2.94 bits per heavy atom. The first-order valence-corrected chi connectivity index (χ1v) is 6.87. The van der Waals surface area contributed by atoms with Crippen LogP contribution < -0.4 is 5.73 Å². The maximum Gasteiger partial charge on any atom is 0.243 e. The van der Waals surface area contributed by atoms with E-state index in [2.05, 4.69) is 17.1 Å². The van der Waals surface area contributed by atoms with Crippen molar-refractivity contribution in [1.82, 2.24) is 10.1 Å². The smallest absolute Gasteiger partial charge is 0.243 e. The lowest BCUT2D eigenvalue weighted by molar-refractivity contribution is 0.333. The summed E-state index contributed by atoms with van der Waals surface area (Å²) in [5.41, 5.74) is 6.00. The van der Waals surface area contributed by atoms with E-state index in [-0.39, 0.29) is 6.04 Å². The summed E-state index contributed by atoms with van der Waals surface area (Å²) >= 11 is 0. The fourth-order valence-corrected chi connectivity index (χ4v) is 3.54. The summed E-state index contributed by atoms with van der Waals surface area (Å²) in [4.78, 5) is 4.53. The van der Waals surface area contributed by atoms with Gasteiger partial charge in [0.2, 0.25) is 5.89 Å². The van der Waals surface area contributed by atoms with Gasteiger partial charge in [0.25, 0.3) is 0 Å². The first-order valence-electron chi connectivity index (χ1n) is 6.87. The zero-order chi connectivity index (χ0) is 11.8. The molecule has 17 heavy (non-hydrogen) atoms. The molecule has 0 spiro atoms. The standard InChI is InChI=1S/C13H21N3O/c1-2-3-11(14)13-15-12(16-17-13)10-7-8-4-5-9(10)6-8/h8-11H,2-7,14H2,1H3/t8?,9?,10?,11-/m0/s1. The Hall–Kier alpha value is -0.900. The Kier molecular flexibility index (Phi) is 2.90. The van der Waals surface area contributed by atoms with Gasteiger partial charge < -0.3 is 10.3 Å². The van der Waals surface area contributed by atoms with Gasteiger partial charge >= 0.3 is 0 Å². The molecule has 3 unspecified atom stereocenters. The van der Waals surface area contributed by atoms with Crippen LogP contribution in [0.5, 0.6) is 0 Å². The molecule has 1 aromatic heterocycles. The number of nitrogens with two attached hydrogens (primary N) is 1. The highest BCUT2D eigenvalue weighted by Gasteiger charge is 2.42. The summed E-state index contributed by atoms with van der Waals surface area (Å²) in [6.45, 7) is 2.12. The predicted molar refractivity (Wildman–Crippen MR) is 64.3 cm³/mol. The summed E-state index contributed by atoms with van der Waals surface area (Å²) in [6, 6.07) is -0.0835. The van der Waals surface area contributed by atoms with Crippen molar-refractivity contribution in [3.63, 3.8) is 0 Å². The van der Waals surface area contributed by atoms with Gasteiger partial charge in [-0.15, -0.1) is 0 Å². The van der Waals surface area contributed by atoms with Crippen LogP contribution in [-0.4, -0.2) is 10.1 Å². The highest BCUT2D eigenvalue weighted by atomic mass is 16.5. The SMILES string of the molecule is CCC[C@H](N)c1nc(C2CC3CCC2C3)no1. The molecule has 1 aromatic rings. The zero-order valence-corrected chi connectivity index (χ0v) is 10.4. The Morgan fingerprint density at radius 1 is 1.41 bits per heavy atom. The molecule has 2 N–H and O–H groups in total. The van der Waals surface area contributed by atoms with Crippen molar-refractivity contribution in [2.24, 2.45) is 17.6 Å². The van der Waals surface area contributed by atoms with E-state index in [1.807, 2.05) is 0 Å². The van der Waals surface area contributed by atoms with Crippen molar-refractivity contribution in [2.45, 2.75) is 57.4 Å². The summed E-state index contributed by atoms with van der Waals surface area (Å²) < 4.78 is 5.31. The minimum atomic E-state index is -0.0835. The molecule has 4 heteroatoms. The van der Waals surface area contributed by atoms with Gasteiger partial charge in [0, 0.05) is 5.92 Å². The number of hydrogen-bond donors (Lipinski definition) is 1. The van der Waals surface area contributed by atoms with Gasteiger partial charge in [0.15, 0.2) is 5.82 Å². The van der Waals surface area contributed by atoms with Crippen molar-refractivity contribution in [3.8, 4) is 0 Å². The topological polar surface area (TPSA) is 64.9 Å². The Labute approximate surface area is 102 Å². The fraction of sp³-hybridized carbons (Fsp3) is 0.846. The van der Waals surface area contributed by atoms with Gasteiger partial charge in [-0.2, -0.15) is 4.98 Å². The lowest BCUT2D eigenvalue weighted by Gasteiger charge is -2.17. The molecule has 94 valence electrons. The largest absolute Gasteiger partial charge is 0.338 e. The van der Waals surface area contributed by atoms with Crippen molar-refractivity contribution in [1.29, 1.82) is 0 Å². The van der Waals surface area contributed by atoms with E-state index >= 15 is 0 Å². The first-order chi connectivity index (χ1) is 8.28. The molecule has 2 saturated carbocycles. The fourth-order valence-electron chi connectivity index (χ4n) is 3.54. The lowest BCUT2D eigenvalue weighted by atomic mass is 9.88. The molecule has 2 aliphatic carbocycles. The molecule has 0 aliphatic heterocycles. The van der Waals surface area contributed by atoms with Gasteiger partial charge in [0.1, 0.15) is 0 Å². The number of hydrogen-bond acceptors (Lipinski definition) is 4. The highest BCUT2D eigenvalue weighted by Crippen LogP contribution is 2.52. The summed E-state index contributed by atoms with van der Waals surface area (Å²) in [5, 5.41) is 4.15. The average Bonchev–Trinajstić information content (AvgIpc) is 3.05. The van der Waals surface area contributed by atoms with Crippen molar-refractivity contribution in [2.75, 3.05) is 0 Å². The van der Waals surface area contributed by atoms with Gasteiger partial charge in [-0.3, -0.25) is 0 Å². The van der Waals surface area contributed by atoms with Crippen molar-refractivity contribution in [3.05, 3.63) is 11.7 Å². The molecule has 4 nitrogen and oxygen atoms in total. The predicted octanol–water partition coefficient (Wildman–Crippen LogP) is 2.77. The molecule has 1 heterocycles. The minimum absolute atomic E-state index is 0.0835. The highest BCUT2D eigenvalue weighted by molar-refractivity contribution is 5.07. The molecular formula is C13H21N3O. The van der Waals surface area contributed by atoms with Crippen molar-refractivity contribution < 1.29 is 4.52 Å². The van der Waals surface area contributed by atoms with Gasteiger partial charge in [-0.25, -0.2) is 0 Å². The van der Waals surface area contributed by atoms with Crippen LogP contribution in [0.15, 0.2) is 4.52 Å². The molecule has 3 rings (SSSR count). The second kappa shape index (κ2) is 4.41. The summed E-state index contributed by atoms with van der Waals surface area (Å²) in [7, 11) is 0. The van der Waals surface area contributed by atoms with Crippen LogP contribution in [0.1, 0.15) is 69.1 Å². The normalized spacial score (nSPS) is 33.2. The van der Waals surface area contributed by atoms with Crippen LogP contribution in [0.3, 0.4) is 0 Å². The maximum absolute atomic E-state index is 6.00. The minimum Gasteiger partial charge on any atom is -0.338 e. The molecule has 0 aromatic carbocycles. The van der Waals surface area contributed by atoms with Crippen LogP contribution in [0.2, 0.25) is 0 Å². The van der Waals surface area contributed by atoms with Gasteiger partial charge in [-0.1, -0.05) is 24.9 Å². The Morgan fingerprint density at radius 2 is 2.29 bits per heavy atom. The van der Waals surface area contributed by atoms with Crippen LogP contribution in [0.25, 0.3) is 0 Å². The molecule has 2 bridgehead atoms. The van der Waals surface area contributed by atoms with Gasteiger partial charge in [0.05, 0.1) is 6.04 Å². The van der Waals surface area contributed by atoms with E-state index in [0.717, 1.165) is 30.5 Å². The monoisotopic (exact) mass is 235 g/mol. The summed E-state index contributed by atoms with van der Waals surface area (Å²) in [5.74, 6) is 3.80. The quantitative estimate of drug-likeness (QED) is 0.871. The third-order valence-corrected chi connectivity index (χ3v) is 4.44. The lowest BCUT2D eigenvalue weighted by Crippen LogP contribution is -2.12. The Balaban J connectivity index is 1.72. The van der Waals surface area contributed by atoms with E-state index in [0.29, 0.717) is 11.8 Å². The van der Waals surface area contributed by atoms with Crippen LogP contribution >= 0.6 is 0 Å².